The van der Waals surface area contributed by atoms with Crippen LogP contribution in [0.15, 0.2) is 36.7 Å². The van der Waals surface area contributed by atoms with Gasteiger partial charge in [-0.2, -0.15) is 0 Å². The highest BCUT2D eigenvalue weighted by atomic mass is 19.2. The zero-order chi connectivity index (χ0) is 20.1. The van der Waals surface area contributed by atoms with Crippen LogP contribution in [0.5, 0.6) is 0 Å². The summed E-state index contributed by atoms with van der Waals surface area (Å²) in [5.74, 6) is -4.12. The van der Waals surface area contributed by atoms with Crippen molar-refractivity contribution < 1.29 is 29.2 Å². The van der Waals surface area contributed by atoms with Gasteiger partial charge in [0.25, 0.3) is 5.85 Å². The number of hydrogen-bond acceptors (Lipinski definition) is 9. The van der Waals surface area contributed by atoms with Crippen molar-refractivity contribution in [2.75, 3.05) is 12.3 Å². The van der Waals surface area contributed by atoms with Gasteiger partial charge >= 0.3 is 0 Å². The summed E-state index contributed by atoms with van der Waals surface area (Å²) in [5.41, 5.74) is 6.18. The molecule has 0 unspecified atom stereocenters. The summed E-state index contributed by atoms with van der Waals surface area (Å²) in [6.07, 6.45) is -4.03. The minimum Gasteiger partial charge on any atom is -0.394 e. The van der Waals surface area contributed by atoms with E-state index in [0.29, 0.717) is 5.56 Å². The number of carbonyl (C=O) groups excluding carboxylic acids is 1. The van der Waals surface area contributed by atoms with Gasteiger partial charge in [0.15, 0.2) is 17.7 Å². The molecular formula is C17H16FN5O5. The molecule has 4 atom stereocenters. The van der Waals surface area contributed by atoms with Gasteiger partial charge in [0.1, 0.15) is 17.7 Å². The number of rotatable bonds is 4. The Kier molecular flexibility index (Phi) is 4.31. The van der Waals surface area contributed by atoms with Crippen LogP contribution in [0.4, 0.5) is 10.2 Å². The van der Waals surface area contributed by atoms with E-state index in [9.17, 15) is 24.5 Å². The van der Waals surface area contributed by atoms with E-state index in [1.54, 1.807) is 30.3 Å². The number of hydrogen-bond donors (Lipinski definition) is 4. The van der Waals surface area contributed by atoms with E-state index in [1.165, 1.54) is 0 Å². The number of nitrogens with two attached hydrogens (primary N) is 1. The van der Waals surface area contributed by atoms with Gasteiger partial charge in [-0.25, -0.2) is 19.3 Å². The lowest BCUT2D eigenvalue weighted by Gasteiger charge is -2.23. The minimum absolute atomic E-state index is 0.0611. The van der Waals surface area contributed by atoms with Gasteiger partial charge in [0.05, 0.1) is 12.9 Å². The number of aliphatic hydroxyl groups is 3. The molecule has 1 aromatic carbocycles. The minimum atomic E-state index is -3.23. The van der Waals surface area contributed by atoms with Crippen LogP contribution in [-0.4, -0.2) is 65.3 Å². The first kappa shape index (κ1) is 18.4. The summed E-state index contributed by atoms with van der Waals surface area (Å²) in [6.45, 7) is -0.717. The molecule has 1 fully saturated rings. The van der Waals surface area contributed by atoms with Crippen LogP contribution in [0.1, 0.15) is 22.4 Å². The molecule has 0 radical (unpaired) electrons. The molecule has 4 rings (SSSR count). The van der Waals surface area contributed by atoms with Crippen LogP contribution in [0, 0.1) is 0 Å². The van der Waals surface area contributed by atoms with E-state index >= 15 is 0 Å². The number of aromatic nitrogens is 4. The molecule has 11 heteroatoms. The van der Waals surface area contributed by atoms with Crippen molar-refractivity contribution in [2.45, 2.75) is 24.3 Å². The number of nitrogens with zero attached hydrogens (tertiary/aromatic N) is 4. The Labute approximate surface area is 157 Å². The molecule has 3 aromatic rings. The monoisotopic (exact) mass is 389 g/mol. The lowest BCUT2D eigenvalue weighted by molar-refractivity contribution is -0.195. The van der Waals surface area contributed by atoms with E-state index in [4.69, 9.17) is 10.5 Å². The summed E-state index contributed by atoms with van der Waals surface area (Å²) in [7, 11) is 0. The maximum absolute atomic E-state index is 14.7. The maximum Gasteiger partial charge on any atom is 0.281 e. The number of anilines is 1. The smallest absolute Gasteiger partial charge is 0.281 e. The zero-order valence-corrected chi connectivity index (χ0v) is 14.3. The molecular weight excluding hydrogens is 373 g/mol. The van der Waals surface area contributed by atoms with E-state index in [2.05, 4.69) is 15.0 Å². The van der Waals surface area contributed by atoms with Crippen molar-refractivity contribution in [1.82, 2.24) is 19.5 Å². The molecule has 3 heterocycles. The Balaban J connectivity index is 1.82. The van der Waals surface area contributed by atoms with Crippen LogP contribution in [0.3, 0.4) is 0 Å². The van der Waals surface area contributed by atoms with Crippen LogP contribution >= 0.6 is 0 Å². The highest BCUT2D eigenvalue weighted by molar-refractivity contribution is 6.07. The molecule has 1 aliphatic rings. The number of nitrogen functional groups attached to an aromatic ring is 1. The van der Waals surface area contributed by atoms with Gasteiger partial charge in [-0.3, -0.25) is 9.36 Å². The SMILES string of the molecule is Nc1nc(C(=O)c2ccccc2)nc2c1ncn2[C@@H]1O[C@H](CO)[C@@H](O)[C@]1(O)F. The largest absolute Gasteiger partial charge is 0.394 e. The third-order valence-electron chi connectivity index (χ3n) is 4.54. The van der Waals surface area contributed by atoms with Crippen molar-refractivity contribution in [3.63, 3.8) is 0 Å². The number of aliphatic hydroxyl groups excluding tert-OH is 2. The lowest BCUT2D eigenvalue weighted by Crippen LogP contribution is -2.43. The molecule has 0 amide bonds. The molecule has 0 spiro atoms. The quantitative estimate of drug-likeness (QED) is 0.434. The number of ether oxygens (including phenoxy) is 1. The average molecular weight is 389 g/mol. The second-order valence-electron chi connectivity index (χ2n) is 6.33. The Morgan fingerprint density at radius 3 is 2.68 bits per heavy atom. The number of alkyl halides is 1. The highest BCUT2D eigenvalue weighted by Crippen LogP contribution is 2.40. The van der Waals surface area contributed by atoms with E-state index in [1.807, 2.05) is 0 Å². The number of ketones is 1. The molecule has 28 heavy (non-hydrogen) atoms. The van der Waals surface area contributed by atoms with Gasteiger partial charge in [-0.05, 0) is 0 Å². The van der Waals surface area contributed by atoms with Gasteiger partial charge in [0, 0.05) is 5.56 Å². The fourth-order valence-corrected chi connectivity index (χ4v) is 3.08. The Hall–Kier alpha value is -2.99. The number of halogens is 1. The van der Waals surface area contributed by atoms with Crippen molar-refractivity contribution in [2.24, 2.45) is 0 Å². The second-order valence-corrected chi connectivity index (χ2v) is 6.33. The summed E-state index contributed by atoms with van der Waals surface area (Å²) < 4.78 is 20.9. The fraction of sp³-hybridized carbons (Fsp3) is 0.294. The van der Waals surface area contributed by atoms with E-state index in [0.717, 1.165) is 10.9 Å². The van der Waals surface area contributed by atoms with Crippen molar-refractivity contribution in [1.29, 1.82) is 0 Å². The third kappa shape index (κ3) is 2.72. The first-order valence-corrected chi connectivity index (χ1v) is 8.30. The van der Waals surface area contributed by atoms with Crippen LogP contribution in [-0.2, 0) is 4.74 Å². The zero-order valence-electron chi connectivity index (χ0n) is 14.3. The van der Waals surface area contributed by atoms with Gasteiger partial charge in [-0.1, -0.05) is 30.3 Å². The Morgan fingerprint density at radius 2 is 2.04 bits per heavy atom. The van der Waals surface area contributed by atoms with Crippen LogP contribution in [0.25, 0.3) is 11.2 Å². The number of carbonyl (C=O) groups is 1. The maximum atomic E-state index is 14.7. The van der Waals surface area contributed by atoms with E-state index in [-0.39, 0.29) is 22.8 Å². The van der Waals surface area contributed by atoms with Crippen LogP contribution in [0.2, 0.25) is 0 Å². The average Bonchev–Trinajstić information content (AvgIpc) is 3.21. The summed E-state index contributed by atoms with van der Waals surface area (Å²) in [6, 6.07) is 8.24. The highest BCUT2D eigenvalue weighted by Gasteiger charge is 2.57. The molecule has 5 N–H and O–H groups in total. The third-order valence-corrected chi connectivity index (χ3v) is 4.54. The molecule has 146 valence electrons. The van der Waals surface area contributed by atoms with Crippen molar-refractivity contribution in [3.05, 3.63) is 48.0 Å². The second kappa shape index (κ2) is 6.56. The topological polar surface area (TPSA) is 157 Å². The molecule has 1 saturated heterocycles. The summed E-state index contributed by atoms with van der Waals surface area (Å²) in [4.78, 5) is 24.7. The first-order valence-electron chi connectivity index (χ1n) is 8.30. The molecule has 1 aliphatic heterocycles. The predicted molar refractivity (Wildman–Crippen MR) is 92.7 cm³/mol. The lowest BCUT2D eigenvalue weighted by atomic mass is 10.1. The molecule has 0 saturated carbocycles. The molecule has 0 bridgehead atoms. The van der Waals surface area contributed by atoms with Gasteiger partial charge < -0.3 is 25.8 Å². The van der Waals surface area contributed by atoms with E-state index < -0.39 is 36.7 Å². The Morgan fingerprint density at radius 1 is 1.32 bits per heavy atom. The predicted octanol–water partition coefficient (Wildman–Crippen LogP) is -0.452. The standard InChI is InChI=1S/C17H16FN5O5/c18-17(27)12(26)9(6-24)28-16(17)23-7-20-10-13(19)21-14(22-15(10)23)11(25)8-4-2-1-3-5-8/h1-5,7,9,12,16,24,26-27H,6H2,(H2,19,21,22)/t9-,12-,16-,17-/m1/s1. The van der Waals surface area contributed by atoms with Crippen molar-refractivity contribution >= 4 is 22.8 Å². The summed E-state index contributed by atoms with van der Waals surface area (Å²) >= 11 is 0. The molecule has 10 nitrogen and oxygen atoms in total. The first-order chi connectivity index (χ1) is 13.3. The fourth-order valence-electron chi connectivity index (χ4n) is 3.08. The molecule has 0 aliphatic carbocycles. The summed E-state index contributed by atoms with van der Waals surface area (Å²) in [5, 5.41) is 29.1. The van der Waals surface area contributed by atoms with Crippen LogP contribution < -0.4 is 5.73 Å². The number of benzene rings is 1. The van der Waals surface area contributed by atoms with Gasteiger partial charge in [0.2, 0.25) is 11.6 Å². The van der Waals surface area contributed by atoms with Crippen molar-refractivity contribution in [3.8, 4) is 0 Å². The number of fused-ring (bicyclic) bond motifs is 1. The van der Waals surface area contributed by atoms with Gasteiger partial charge in [-0.15, -0.1) is 0 Å². The molecule has 2 aromatic heterocycles. The Bertz CT molecular complexity index is 1040. The normalized spacial score (nSPS) is 27.4. The number of imidazole rings is 1.